The van der Waals surface area contributed by atoms with Crippen LogP contribution in [-0.2, 0) is 10.3 Å². The summed E-state index contributed by atoms with van der Waals surface area (Å²) in [5.74, 6) is -0.270. The fourth-order valence-corrected chi connectivity index (χ4v) is 3.36. The van der Waals surface area contributed by atoms with E-state index in [9.17, 15) is 13.2 Å². The highest BCUT2D eigenvalue weighted by molar-refractivity contribution is 9.10. The van der Waals surface area contributed by atoms with E-state index in [4.69, 9.17) is 17.0 Å². The van der Waals surface area contributed by atoms with E-state index in [0.717, 1.165) is 11.3 Å². The Labute approximate surface area is 156 Å². The van der Waals surface area contributed by atoms with Gasteiger partial charge in [0.1, 0.15) is 11.4 Å². The van der Waals surface area contributed by atoms with Gasteiger partial charge in [-0.2, -0.15) is 0 Å². The van der Waals surface area contributed by atoms with Gasteiger partial charge in [-0.25, -0.2) is 0 Å². The Kier molecular flexibility index (Phi) is 4.45. The van der Waals surface area contributed by atoms with Crippen molar-refractivity contribution in [2.75, 3.05) is 5.32 Å². The number of halogens is 4. The van der Waals surface area contributed by atoms with Crippen molar-refractivity contribution in [2.24, 2.45) is 0 Å². The molecule has 25 heavy (non-hydrogen) atoms. The molecule has 0 aliphatic carbocycles. The normalized spacial score (nSPS) is 15.8. The molecule has 0 saturated carbocycles. The van der Waals surface area contributed by atoms with Crippen molar-refractivity contribution < 1.29 is 22.6 Å². The van der Waals surface area contributed by atoms with E-state index in [1.54, 1.807) is 24.3 Å². The molecule has 1 aliphatic rings. The third-order valence-electron chi connectivity index (χ3n) is 3.73. The number of thiocarbonyl (C=S) groups is 1. The van der Waals surface area contributed by atoms with Gasteiger partial charge in [0.25, 0.3) is 5.17 Å². The summed E-state index contributed by atoms with van der Waals surface area (Å²) >= 11 is 8.36. The summed E-state index contributed by atoms with van der Waals surface area (Å²) in [5, 5.41) is 3.21. The van der Waals surface area contributed by atoms with E-state index in [-0.39, 0.29) is 10.9 Å². The number of rotatable bonds is 2. The molecular formula is C17H13BrF3NO2S. The predicted octanol–water partition coefficient (Wildman–Crippen LogP) is 5.98. The van der Waals surface area contributed by atoms with Gasteiger partial charge in [0.15, 0.2) is 0 Å². The zero-order valence-electron chi connectivity index (χ0n) is 13.2. The van der Waals surface area contributed by atoms with Crippen LogP contribution in [0.4, 0.5) is 18.9 Å². The molecule has 0 atom stereocenters. The fraction of sp³-hybridized carbons (Fsp3) is 0.235. The highest BCUT2D eigenvalue weighted by Crippen LogP contribution is 2.41. The average Bonchev–Trinajstić information content (AvgIpc) is 2.46. The first-order valence-corrected chi connectivity index (χ1v) is 8.45. The van der Waals surface area contributed by atoms with Crippen LogP contribution in [0.25, 0.3) is 11.1 Å². The topological polar surface area (TPSA) is 30.5 Å². The molecule has 1 aliphatic heterocycles. The lowest BCUT2D eigenvalue weighted by atomic mass is 9.91. The van der Waals surface area contributed by atoms with Crippen molar-refractivity contribution in [3.8, 4) is 16.9 Å². The third-order valence-corrected chi connectivity index (χ3v) is 4.41. The van der Waals surface area contributed by atoms with Crippen LogP contribution < -0.4 is 10.1 Å². The van der Waals surface area contributed by atoms with Crippen molar-refractivity contribution in [3.05, 3.63) is 46.4 Å². The zero-order chi connectivity index (χ0) is 18.4. The summed E-state index contributed by atoms with van der Waals surface area (Å²) in [5.41, 5.74) is 1.74. The second-order valence-electron chi connectivity index (χ2n) is 5.97. The summed E-state index contributed by atoms with van der Waals surface area (Å²) in [6.45, 7) is 3.69. The van der Waals surface area contributed by atoms with E-state index >= 15 is 0 Å². The highest BCUT2D eigenvalue weighted by atomic mass is 79.9. The lowest BCUT2D eigenvalue weighted by Gasteiger charge is -2.34. The van der Waals surface area contributed by atoms with Crippen molar-refractivity contribution in [3.63, 3.8) is 0 Å². The third kappa shape index (κ3) is 3.90. The Balaban J connectivity index is 2.12. The van der Waals surface area contributed by atoms with Crippen molar-refractivity contribution in [2.45, 2.75) is 25.8 Å². The van der Waals surface area contributed by atoms with Gasteiger partial charge in [-0.15, -0.1) is 13.2 Å². The Morgan fingerprint density at radius 3 is 2.56 bits per heavy atom. The van der Waals surface area contributed by atoms with Gasteiger partial charge in [0, 0.05) is 21.3 Å². The number of hydrogen-bond acceptors (Lipinski definition) is 3. The molecule has 0 aromatic heterocycles. The zero-order valence-corrected chi connectivity index (χ0v) is 15.6. The number of alkyl halides is 3. The van der Waals surface area contributed by atoms with Gasteiger partial charge in [-0.1, -0.05) is 22.0 Å². The van der Waals surface area contributed by atoms with Crippen LogP contribution in [0.2, 0.25) is 0 Å². The van der Waals surface area contributed by atoms with Crippen molar-refractivity contribution in [1.29, 1.82) is 0 Å². The van der Waals surface area contributed by atoms with Crippen molar-refractivity contribution >= 4 is 39.0 Å². The summed E-state index contributed by atoms with van der Waals surface area (Å²) in [6.07, 6.45) is -4.77. The second kappa shape index (κ2) is 6.17. The molecule has 1 heterocycles. The Morgan fingerprint density at radius 1 is 1.16 bits per heavy atom. The van der Waals surface area contributed by atoms with E-state index in [0.29, 0.717) is 15.6 Å². The molecule has 1 N–H and O–H groups in total. The van der Waals surface area contributed by atoms with Gasteiger partial charge in [0.2, 0.25) is 0 Å². The maximum absolute atomic E-state index is 12.7. The van der Waals surface area contributed by atoms with E-state index in [1.165, 1.54) is 12.1 Å². The first-order chi connectivity index (χ1) is 11.5. The fourth-order valence-electron chi connectivity index (χ4n) is 2.68. The van der Waals surface area contributed by atoms with Crippen LogP contribution in [0.1, 0.15) is 19.4 Å². The molecule has 8 heteroatoms. The number of benzene rings is 2. The highest BCUT2D eigenvalue weighted by Gasteiger charge is 2.34. The molecule has 0 fully saturated rings. The summed E-state index contributed by atoms with van der Waals surface area (Å²) < 4.78 is 48.5. The lowest BCUT2D eigenvalue weighted by Crippen LogP contribution is -2.34. The largest absolute Gasteiger partial charge is 0.573 e. The molecule has 3 rings (SSSR count). The summed E-state index contributed by atoms with van der Waals surface area (Å²) in [6, 6.07) is 9.60. The van der Waals surface area contributed by atoms with Gasteiger partial charge in [-0.3, -0.25) is 0 Å². The maximum atomic E-state index is 12.7. The number of fused-ring (bicyclic) bond motifs is 1. The van der Waals surface area contributed by atoms with Gasteiger partial charge in [-0.05, 0) is 62.0 Å². The van der Waals surface area contributed by atoms with Crippen LogP contribution >= 0.6 is 28.1 Å². The maximum Gasteiger partial charge on any atom is 0.573 e. The van der Waals surface area contributed by atoms with Crippen LogP contribution in [0.3, 0.4) is 0 Å². The number of ether oxygens (including phenoxy) is 2. The van der Waals surface area contributed by atoms with Crippen LogP contribution in [0, 0.1) is 0 Å². The molecule has 0 spiro atoms. The Morgan fingerprint density at radius 2 is 1.88 bits per heavy atom. The number of anilines is 1. The molecule has 2 aromatic carbocycles. The lowest BCUT2D eigenvalue weighted by molar-refractivity contribution is -0.274. The SMILES string of the molecule is CC1(C)OC(=S)Nc2ccc(-c3cc(Br)ccc3OC(F)(F)F)cc21. The first-order valence-electron chi connectivity index (χ1n) is 7.25. The first kappa shape index (κ1) is 18.0. The smallest absolute Gasteiger partial charge is 0.460 e. The summed E-state index contributed by atoms with van der Waals surface area (Å²) in [4.78, 5) is 0. The van der Waals surface area contributed by atoms with Crippen LogP contribution in [0.5, 0.6) is 5.75 Å². The van der Waals surface area contributed by atoms with Gasteiger partial charge in [0.05, 0.1) is 0 Å². The van der Waals surface area contributed by atoms with Crippen LogP contribution in [-0.4, -0.2) is 11.5 Å². The summed E-state index contributed by atoms with van der Waals surface area (Å²) in [7, 11) is 0. The molecule has 2 aromatic rings. The second-order valence-corrected chi connectivity index (χ2v) is 7.26. The van der Waals surface area contributed by atoms with E-state index in [1.807, 2.05) is 13.8 Å². The molecule has 3 nitrogen and oxygen atoms in total. The van der Waals surface area contributed by atoms with E-state index < -0.39 is 12.0 Å². The van der Waals surface area contributed by atoms with Gasteiger partial charge >= 0.3 is 6.36 Å². The minimum atomic E-state index is -4.77. The molecule has 0 bridgehead atoms. The predicted molar refractivity (Wildman–Crippen MR) is 96.6 cm³/mol. The average molecular weight is 432 g/mol. The monoisotopic (exact) mass is 431 g/mol. The molecule has 0 amide bonds. The van der Waals surface area contributed by atoms with Crippen molar-refractivity contribution in [1.82, 2.24) is 0 Å². The van der Waals surface area contributed by atoms with Crippen LogP contribution in [0.15, 0.2) is 40.9 Å². The quantitative estimate of drug-likeness (QED) is 0.592. The van der Waals surface area contributed by atoms with Gasteiger partial charge < -0.3 is 14.8 Å². The minimum Gasteiger partial charge on any atom is -0.460 e. The number of nitrogens with one attached hydrogen (secondary N) is 1. The molecule has 132 valence electrons. The van der Waals surface area contributed by atoms with E-state index in [2.05, 4.69) is 26.0 Å². The standard InChI is InChI=1S/C17H13BrF3NO2S/c1-16(2)12-7-9(3-5-13(12)22-15(25)24-16)11-8-10(18)4-6-14(11)23-17(19,20)21/h3-8H,1-2H3,(H,22,25). The molecular weight excluding hydrogens is 419 g/mol. The molecule has 0 radical (unpaired) electrons. The number of hydrogen-bond donors (Lipinski definition) is 1. The minimum absolute atomic E-state index is 0.258. The molecule has 0 unspecified atom stereocenters. The Bertz CT molecular complexity index is 852. The Hall–Kier alpha value is -1.80. The molecule has 0 saturated heterocycles.